The predicted molar refractivity (Wildman–Crippen MR) is 106 cm³/mol. The van der Waals surface area contributed by atoms with Crippen molar-refractivity contribution < 1.29 is 12.8 Å². The van der Waals surface area contributed by atoms with Crippen molar-refractivity contribution in [2.24, 2.45) is 0 Å². The first-order valence-corrected chi connectivity index (χ1v) is 11.2. The topological polar surface area (TPSA) is 67.6 Å². The lowest BCUT2D eigenvalue weighted by atomic mass is 9.99. The van der Waals surface area contributed by atoms with Crippen molar-refractivity contribution in [1.29, 1.82) is 0 Å². The van der Waals surface area contributed by atoms with Gasteiger partial charge in [0.1, 0.15) is 5.82 Å². The maximum Gasteiger partial charge on any atom is 0.214 e. The molecular formula is C20H23FN4O2S. The molecule has 6 nitrogen and oxygen atoms in total. The van der Waals surface area contributed by atoms with E-state index in [9.17, 15) is 12.8 Å². The largest absolute Gasteiger partial charge is 0.220 e. The lowest BCUT2D eigenvalue weighted by molar-refractivity contribution is 0.309. The van der Waals surface area contributed by atoms with E-state index in [0.29, 0.717) is 31.0 Å². The van der Waals surface area contributed by atoms with Gasteiger partial charge in [-0.25, -0.2) is 26.6 Å². The molecule has 0 aliphatic carbocycles. The summed E-state index contributed by atoms with van der Waals surface area (Å²) in [7, 11) is -3.22. The quantitative estimate of drug-likeness (QED) is 0.656. The second-order valence-corrected chi connectivity index (χ2v) is 9.30. The maximum atomic E-state index is 13.5. The molecule has 1 aromatic carbocycles. The SMILES string of the molecule is CCCS(=O)(=O)N1CCC[C@H](c2nc3ccc(-c4cccc(F)c4)cn3n2)C1. The number of rotatable bonds is 5. The van der Waals surface area contributed by atoms with Gasteiger partial charge in [-0.3, -0.25) is 0 Å². The summed E-state index contributed by atoms with van der Waals surface area (Å²) in [6.45, 7) is 2.87. The summed E-state index contributed by atoms with van der Waals surface area (Å²) in [6.07, 6.45) is 4.11. The number of fused-ring (bicyclic) bond motifs is 1. The van der Waals surface area contributed by atoms with Crippen molar-refractivity contribution in [3.63, 3.8) is 0 Å². The average molecular weight is 402 g/mol. The van der Waals surface area contributed by atoms with E-state index in [2.05, 4.69) is 10.1 Å². The van der Waals surface area contributed by atoms with Gasteiger partial charge in [0, 0.05) is 30.8 Å². The minimum absolute atomic E-state index is 0.0158. The van der Waals surface area contributed by atoms with E-state index in [1.165, 1.54) is 12.1 Å². The van der Waals surface area contributed by atoms with Crippen molar-refractivity contribution in [2.75, 3.05) is 18.8 Å². The number of piperidine rings is 1. The monoisotopic (exact) mass is 402 g/mol. The highest BCUT2D eigenvalue weighted by Gasteiger charge is 2.31. The Hall–Kier alpha value is -2.32. The van der Waals surface area contributed by atoms with Crippen molar-refractivity contribution in [2.45, 2.75) is 32.1 Å². The van der Waals surface area contributed by atoms with Gasteiger partial charge >= 0.3 is 0 Å². The minimum atomic E-state index is -3.22. The fourth-order valence-electron chi connectivity index (χ4n) is 3.70. The van der Waals surface area contributed by atoms with Crippen molar-refractivity contribution in [1.82, 2.24) is 18.9 Å². The Balaban J connectivity index is 1.61. The molecular weight excluding hydrogens is 379 g/mol. The van der Waals surface area contributed by atoms with Gasteiger partial charge < -0.3 is 0 Å². The molecule has 3 aromatic rings. The van der Waals surface area contributed by atoms with Crippen LogP contribution >= 0.6 is 0 Å². The third-order valence-electron chi connectivity index (χ3n) is 5.11. The molecule has 4 rings (SSSR count). The normalized spacial score (nSPS) is 18.6. The number of hydrogen-bond donors (Lipinski definition) is 0. The van der Waals surface area contributed by atoms with Crippen molar-refractivity contribution >= 4 is 15.7 Å². The molecule has 2 aromatic heterocycles. The third kappa shape index (κ3) is 3.79. The van der Waals surface area contributed by atoms with Crippen LogP contribution in [0.1, 0.15) is 37.9 Å². The van der Waals surface area contributed by atoms with Crippen LogP contribution in [0, 0.1) is 5.82 Å². The fourth-order valence-corrected chi connectivity index (χ4v) is 5.29. The first-order chi connectivity index (χ1) is 13.5. The standard InChI is InChI=1S/C20H23FN4O2S/c1-2-11-28(26,27)24-10-4-6-17(13-24)20-22-19-9-8-16(14-25(19)23-20)15-5-3-7-18(21)12-15/h3,5,7-9,12,14,17H,2,4,6,10-11,13H2,1H3/t17-/m0/s1. The number of sulfonamides is 1. The summed E-state index contributed by atoms with van der Waals surface area (Å²) >= 11 is 0. The first kappa shape index (κ1) is 19.0. The van der Waals surface area contributed by atoms with Gasteiger partial charge in [0.2, 0.25) is 10.0 Å². The first-order valence-electron chi connectivity index (χ1n) is 9.56. The molecule has 0 N–H and O–H groups in total. The Labute approximate surface area is 164 Å². The van der Waals surface area contributed by atoms with Gasteiger partial charge in [0.25, 0.3) is 0 Å². The Morgan fingerprint density at radius 1 is 1.21 bits per heavy atom. The zero-order valence-electron chi connectivity index (χ0n) is 15.8. The summed E-state index contributed by atoms with van der Waals surface area (Å²) in [5.41, 5.74) is 2.32. The summed E-state index contributed by atoms with van der Waals surface area (Å²) in [4.78, 5) is 4.61. The Bertz CT molecular complexity index is 1100. The molecule has 0 spiro atoms. The number of hydrogen-bond acceptors (Lipinski definition) is 4. The number of pyridine rings is 1. The molecule has 148 valence electrons. The van der Waals surface area contributed by atoms with Crippen LogP contribution in [0.4, 0.5) is 4.39 Å². The molecule has 3 heterocycles. The Kier molecular flexibility index (Phi) is 5.16. The summed E-state index contributed by atoms with van der Waals surface area (Å²) in [5.74, 6) is 0.535. The fraction of sp³-hybridized carbons (Fsp3) is 0.400. The van der Waals surface area contributed by atoms with E-state index >= 15 is 0 Å². The molecule has 1 saturated heterocycles. The van der Waals surface area contributed by atoms with Crippen LogP contribution in [-0.2, 0) is 10.0 Å². The van der Waals surface area contributed by atoms with Crippen LogP contribution in [0.15, 0.2) is 42.6 Å². The van der Waals surface area contributed by atoms with Crippen LogP contribution in [0.5, 0.6) is 0 Å². The molecule has 0 saturated carbocycles. The maximum absolute atomic E-state index is 13.5. The molecule has 28 heavy (non-hydrogen) atoms. The predicted octanol–water partition coefficient (Wildman–Crippen LogP) is 3.45. The number of halogens is 1. The highest BCUT2D eigenvalue weighted by atomic mass is 32.2. The minimum Gasteiger partial charge on any atom is -0.220 e. The summed E-state index contributed by atoms with van der Waals surface area (Å²) in [5, 5.41) is 4.60. The molecule has 0 radical (unpaired) electrons. The molecule has 1 fully saturated rings. The van der Waals surface area contributed by atoms with Gasteiger partial charge in [-0.1, -0.05) is 19.1 Å². The average Bonchev–Trinajstić information content (AvgIpc) is 3.11. The van der Waals surface area contributed by atoms with Crippen LogP contribution in [0.25, 0.3) is 16.8 Å². The lowest BCUT2D eigenvalue weighted by Gasteiger charge is -2.30. The molecule has 1 aliphatic rings. The van der Waals surface area contributed by atoms with Gasteiger partial charge in [0.05, 0.1) is 5.75 Å². The molecule has 1 atom stereocenters. The molecule has 0 amide bonds. The van der Waals surface area contributed by atoms with E-state index in [4.69, 9.17) is 0 Å². The smallest absolute Gasteiger partial charge is 0.214 e. The third-order valence-corrected chi connectivity index (χ3v) is 7.15. The zero-order valence-corrected chi connectivity index (χ0v) is 16.6. The summed E-state index contributed by atoms with van der Waals surface area (Å²) < 4.78 is 41.6. The van der Waals surface area contributed by atoms with E-state index < -0.39 is 10.0 Å². The second-order valence-electron chi connectivity index (χ2n) is 7.21. The summed E-state index contributed by atoms with van der Waals surface area (Å²) in [6, 6.07) is 10.2. The van der Waals surface area contributed by atoms with Gasteiger partial charge in [0.15, 0.2) is 11.5 Å². The van der Waals surface area contributed by atoms with Crippen LogP contribution in [0.3, 0.4) is 0 Å². The van der Waals surface area contributed by atoms with E-state index in [0.717, 1.165) is 24.0 Å². The van der Waals surface area contributed by atoms with E-state index in [1.807, 2.05) is 31.3 Å². The number of aromatic nitrogens is 3. The highest BCUT2D eigenvalue weighted by molar-refractivity contribution is 7.89. The van der Waals surface area contributed by atoms with Crippen LogP contribution in [0.2, 0.25) is 0 Å². The molecule has 8 heteroatoms. The van der Waals surface area contributed by atoms with E-state index in [1.54, 1.807) is 14.9 Å². The van der Waals surface area contributed by atoms with Crippen molar-refractivity contribution in [3.05, 3.63) is 54.2 Å². The Morgan fingerprint density at radius 2 is 2.07 bits per heavy atom. The molecule has 1 aliphatic heterocycles. The van der Waals surface area contributed by atoms with Crippen LogP contribution in [-0.4, -0.2) is 46.2 Å². The number of benzene rings is 1. The van der Waals surface area contributed by atoms with E-state index in [-0.39, 0.29) is 17.5 Å². The lowest BCUT2D eigenvalue weighted by Crippen LogP contribution is -2.40. The Morgan fingerprint density at radius 3 is 2.86 bits per heavy atom. The van der Waals surface area contributed by atoms with Gasteiger partial charge in [-0.2, -0.15) is 5.10 Å². The zero-order chi connectivity index (χ0) is 19.7. The molecule has 0 unspecified atom stereocenters. The van der Waals surface area contributed by atoms with Crippen LogP contribution < -0.4 is 0 Å². The number of nitrogens with zero attached hydrogens (tertiary/aromatic N) is 4. The highest BCUT2D eigenvalue weighted by Crippen LogP contribution is 2.28. The molecule has 0 bridgehead atoms. The van der Waals surface area contributed by atoms with Crippen molar-refractivity contribution in [3.8, 4) is 11.1 Å². The van der Waals surface area contributed by atoms with Gasteiger partial charge in [-0.05, 0) is 49.1 Å². The van der Waals surface area contributed by atoms with Gasteiger partial charge in [-0.15, -0.1) is 0 Å². The second kappa shape index (κ2) is 7.60.